The van der Waals surface area contributed by atoms with E-state index in [4.69, 9.17) is 9.47 Å². The predicted octanol–water partition coefficient (Wildman–Crippen LogP) is 3.08. The second kappa shape index (κ2) is 4.85. The molecule has 7 heteroatoms. The molecule has 5 rings (SSSR count). The molecule has 0 fully saturated rings. The maximum Gasteiger partial charge on any atom is 0.340 e. The van der Waals surface area contributed by atoms with Crippen molar-refractivity contribution in [3.63, 3.8) is 0 Å². The highest BCUT2D eigenvalue weighted by atomic mass is 16.6. The van der Waals surface area contributed by atoms with Crippen molar-refractivity contribution in [3.8, 4) is 34.5 Å². The molecule has 0 amide bonds. The average molecular weight is 364 g/mol. The molecule has 0 bridgehead atoms. The molecule has 1 unspecified atom stereocenters. The molecule has 3 aromatic carbocycles. The van der Waals surface area contributed by atoms with Crippen molar-refractivity contribution in [2.75, 3.05) is 0 Å². The van der Waals surface area contributed by atoms with E-state index in [1.54, 1.807) is 18.2 Å². The Bertz CT molecular complexity index is 1150. The maximum atomic E-state index is 12.6. The van der Waals surface area contributed by atoms with E-state index in [2.05, 4.69) is 0 Å². The first kappa shape index (κ1) is 15.4. The Balaban J connectivity index is 1.94. The van der Waals surface area contributed by atoms with Crippen LogP contribution in [0.2, 0.25) is 0 Å². The lowest BCUT2D eigenvalue weighted by atomic mass is 9.77. The van der Waals surface area contributed by atoms with Crippen LogP contribution in [0.15, 0.2) is 48.5 Å². The molecule has 0 aromatic heterocycles. The van der Waals surface area contributed by atoms with Crippen molar-refractivity contribution in [1.29, 1.82) is 0 Å². The van der Waals surface area contributed by atoms with Gasteiger partial charge in [-0.1, -0.05) is 12.1 Å². The van der Waals surface area contributed by atoms with Crippen molar-refractivity contribution in [1.82, 2.24) is 0 Å². The van der Waals surface area contributed by atoms with Crippen molar-refractivity contribution < 1.29 is 34.7 Å². The summed E-state index contributed by atoms with van der Waals surface area (Å²) in [6.07, 6.45) is 0. The van der Waals surface area contributed by atoms with Gasteiger partial charge in [-0.3, -0.25) is 0 Å². The van der Waals surface area contributed by atoms with E-state index in [1.807, 2.05) is 0 Å². The zero-order valence-corrected chi connectivity index (χ0v) is 13.6. The van der Waals surface area contributed by atoms with Gasteiger partial charge >= 0.3 is 5.97 Å². The first-order valence-electron chi connectivity index (χ1n) is 8.06. The number of fused-ring (bicyclic) bond motifs is 6. The topological polar surface area (TPSA) is 116 Å². The van der Waals surface area contributed by atoms with Gasteiger partial charge in [0.2, 0.25) is 5.75 Å². The van der Waals surface area contributed by atoms with Crippen molar-refractivity contribution in [2.24, 2.45) is 0 Å². The van der Waals surface area contributed by atoms with Gasteiger partial charge in [0.25, 0.3) is 0 Å². The minimum atomic E-state index is -1.51. The quantitative estimate of drug-likeness (QED) is 0.358. The zero-order chi connectivity index (χ0) is 18.9. The first-order valence-corrected chi connectivity index (χ1v) is 8.06. The molecule has 0 radical (unpaired) electrons. The Labute approximate surface area is 152 Å². The number of phenols is 4. The molecule has 2 aliphatic heterocycles. The lowest BCUT2D eigenvalue weighted by molar-refractivity contribution is 0.0220. The normalized spacial score (nSPS) is 19.0. The van der Waals surface area contributed by atoms with E-state index in [-0.39, 0.29) is 34.1 Å². The van der Waals surface area contributed by atoms with Crippen LogP contribution in [-0.4, -0.2) is 26.4 Å². The summed E-state index contributed by atoms with van der Waals surface area (Å²) in [7, 11) is 0. The Morgan fingerprint density at radius 3 is 2.33 bits per heavy atom. The fourth-order valence-electron chi connectivity index (χ4n) is 3.76. The number of rotatable bonds is 0. The van der Waals surface area contributed by atoms with Crippen LogP contribution < -0.4 is 4.74 Å². The lowest BCUT2D eigenvalue weighted by Gasteiger charge is -2.36. The zero-order valence-electron chi connectivity index (χ0n) is 13.6. The van der Waals surface area contributed by atoms with Gasteiger partial charge in [0.1, 0.15) is 5.75 Å². The van der Waals surface area contributed by atoms with Crippen molar-refractivity contribution in [2.45, 2.75) is 5.60 Å². The SMILES string of the molecule is O=C1OC2(c3ccc(O)cc31)c1cccc(O)c1Oc1c2ccc(O)c1O. The van der Waals surface area contributed by atoms with Crippen molar-refractivity contribution >= 4 is 5.97 Å². The number of carbonyl (C=O) groups is 1. The highest BCUT2D eigenvalue weighted by Crippen LogP contribution is 2.60. The van der Waals surface area contributed by atoms with Gasteiger partial charge < -0.3 is 29.9 Å². The molecule has 3 aromatic rings. The van der Waals surface area contributed by atoms with Gasteiger partial charge in [0.15, 0.2) is 28.6 Å². The molecule has 0 aliphatic carbocycles. The predicted molar refractivity (Wildman–Crippen MR) is 91.4 cm³/mol. The van der Waals surface area contributed by atoms with E-state index in [1.165, 1.54) is 30.3 Å². The third kappa shape index (κ3) is 1.77. The second-order valence-corrected chi connectivity index (χ2v) is 6.37. The number of carbonyl (C=O) groups excluding carboxylic acids is 1. The monoisotopic (exact) mass is 364 g/mol. The smallest absolute Gasteiger partial charge is 0.340 e. The largest absolute Gasteiger partial charge is 0.508 e. The van der Waals surface area contributed by atoms with E-state index < -0.39 is 23.1 Å². The van der Waals surface area contributed by atoms with Crippen LogP contribution in [0.4, 0.5) is 0 Å². The summed E-state index contributed by atoms with van der Waals surface area (Å²) < 4.78 is 11.5. The number of benzene rings is 3. The highest BCUT2D eigenvalue weighted by Gasteiger charge is 2.54. The van der Waals surface area contributed by atoms with Gasteiger partial charge in [-0.25, -0.2) is 4.79 Å². The second-order valence-electron chi connectivity index (χ2n) is 6.37. The standard InChI is InChI=1S/C20H12O7/c21-9-4-5-11-10(8-9)19(25)27-20(11)12-2-1-3-15(23)17(12)26-18-13(20)6-7-14(22)16(18)24/h1-8,21-24H. The van der Waals surface area contributed by atoms with E-state index >= 15 is 0 Å². The Morgan fingerprint density at radius 1 is 0.778 bits per heavy atom. The van der Waals surface area contributed by atoms with E-state index in [0.717, 1.165) is 0 Å². The molecule has 1 spiro atoms. The van der Waals surface area contributed by atoms with E-state index in [0.29, 0.717) is 11.1 Å². The van der Waals surface area contributed by atoms with Crippen LogP contribution in [-0.2, 0) is 10.3 Å². The van der Waals surface area contributed by atoms with Crippen LogP contribution in [0.3, 0.4) is 0 Å². The summed E-state index contributed by atoms with van der Waals surface area (Å²) in [4.78, 5) is 12.6. The number of hydrogen-bond acceptors (Lipinski definition) is 7. The van der Waals surface area contributed by atoms with Crippen LogP contribution >= 0.6 is 0 Å². The summed E-state index contributed by atoms with van der Waals surface area (Å²) in [5.74, 6) is -2.07. The number of ether oxygens (including phenoxy) is 2. The van der Waals surface area contributed by atoms with Crippen LogP contribution in [0.5, 0.6) is 34.5 Å². The van der Waals surface area contributed by atoms with E-state index in [9.17, 15) is 25.2 Å². The minimum Gasteiger partial charge on any atom is -0.508 e. The van der Waals surface area contributed by atoms with Gasteiger partial charge in [-0.2, -0.15) is 0 Å². The third-order valence-corrected chi connectivity index (χ3v) is 4.92. The number of hydrogen-bond donors (Lipinski definition) is 4. The summed E-state index contributed by atoms with van der Waals surface area (Å²) in [5, 5.41) is 40.3. The van der Waals surface area contributed by atoms with Crippen molar-refractivity contribution in [3.05, 3.63) is 70.8 Å². The molecule has 2 heterocycles. The molecular formula is C20H12O7. The van der Waals surface area contributed by atoms with Crippen LogP contribution in [0.25, 0.3) is 0 Å². The highest BCUT2D eigenvalue weighted by molar-refractivity contribution is 5.97. The Morgan fingerprint density at radius 2 is 1.52 bits per heavy atom. The Hall–Kier alpha value is -3.87. The minimum absolute atomic E-state index is 0.000347. The average Bonchev–Trinajstić information content (AvgIpc) is 2.92. The number of para-hydroxylation sites is 1. The molecular weight excluding hydrogens is 352 g/mol. The molecule has 27 heavy (non-hydrogen) atoms. The number of aromatic hydroxyl groups is 4. The summed E-state index contributed by atoms with van der Waals surface area (Å²) in [6, 6.07) is 11.6. The summed E-state index contributed by atoms with van der Waals surface area (Å²) in [6.45, 7) is 0. The van der Waals surface area contributed by atoms with Gasteiger partial charge in [0.05, 0.1) is 16.7 Å². The third-order valence-electron chi connectivity index (χ3n) is 4.92. The van der Waals surface area contributed by atoms with Crippen LogP contribution in [0.1, 0.15) is 27.0 Å². The van der Waals surface area contributed by atoms with Gasteiger partial charge in [-0.05, 0) is 36.4 Å². The summed E-state index contributed by atoms with van der Waals surface area (Å²) in [5.41, 5.74) is -0.282. The fraction of sp³-hybridized carbons (Fsp3) is 0.0500. The summed E-state index contributed by atoms with van der Waals surface area (Å²) >= 11 is 0. The molecule has 134 valence electrons. The molecule has 1 atom stereocenters. The molecule has 0 saturated carbocycles. The fourth-order valence-corrected chi connectivity index (χ4v) is 3.76. The van der Waals surface area contributed by atoms with Gasteiger partial charge in [-0.15, -0.1) is 0 Å². The Kier molecular flexibility index (Phi) is 2.77. The molecule has 7 nitrogen and oxygen atoms in total. The first-order chi connectivity index (χ1) is 12.9. The van der Waals surface area contributed by atoms with Gasteiger partial charge in [0, 0.05) is 5.56 Å². The molecule has 0 saturated heterocycles. The number of phenolic OH excluding ortho intramolecular Hbond substituents is 4. The molecule has 2 aliphatic rings. The lowest BCUT2D eigenvalue weighted by Crippen LogP contribution is -2.33. The number of esters is 1. The maximum absolute atomic E-state index is 12.6. The van der Waals surface area contributed by atoms with Crippen LogP contribution in [0, 0.1) is 0 Å². The molecule has 4 N–H and O–H groups in total.